The molecule has 1 N–H and O–H groups in total. The molecule has 0 aromatic heterocycles. The molecule has 0 bridgehead atoms. The van der Waals surface area contributed by atoms with Crippen molar-refractivity contribution < 1.29 is 23.1 Å². The molecule has 0 saturated carbocycles. The third-order valence-electron chi connectivity index (χ3n) is 2.47. The topological polar surface area (TPSA) is 80.7 Å². The zero-order valence-electron chi connectivity index (χ0n) is 7.97. The van der Waals surface area contributed by atoms with Crippen LogP contribution in [0.15, 0.2) is 0 Å². The van der Waals surface area contributed by atoms with Crippen LogP contribution in [-0.2, 0) is 19.4 Å². The quantitative estimate of drug-likeness (QED) is 0.719. The molecule has 1 fully saturated rings. The van der Waals surface area contributed by atoms with Crippen molar-refractivity contribution in [3.8, 4) is 0 Å². The van der Waals surface area contributed by atoms with Crippen LogP contribution in [0.3, 0.4) is 0 Å². The van der Waals surface area contributed by atoms with E-state index in [4.69, 9.17) is 9.84 Å². The maximum atomic E-state index is 11.1. The fraction of sp³-hybridized carbons (Fsp3) is 0.875. The van der Waals surface area contributed by atoms with Gasteiger partial charge in [-0.2, -0.15) is 0 Å². The van der Waals surface area contributed by atoms with Crippen LogP contribution in [0.1, 0.15) is 12.8 Å². The lowest BCUT2D eigenvalue weighted by atomic mass is 9.99. The van der Waals surface area contributed by atoms with E-state index in [1.807, 2.05) is 0 Å². The van der Waals surface area contributed by atoms with Crippen LogP contribution >= 0.6 is 0 Å². The number of ether oxygens (including phenoxy) is 1. The van der Waals surface area contributed by atoms with Crippen molar-refractivity contribution in [1.82, 2.24) is 0 Å². The summed E-state index contributed by atoms with van der Waals surface area (Å²) in [5.41, 5.74) is 0. The van der Waals surface area contributed by atoms with Gasteiger partial charge >= 0.3 is 5.97 Å². The number of rotatable bonds is 4. The molecule has 0 aromatic rings. The van der Waals surface area contributed by atoms with E-state index in [1.54, 1.807) is 0 Å². The molecule has 0 amide bonds. The fourth-order valence-electron chi connectivity index (χ4n) is 1.73. The molecule has 2 atom stereocenters. The molecule has 6 heteroatoms. The highest BCUT2D eigenvalue weighted by Crippen LogP contribution is 2.25. The summed E-state index contributed by atoms with van der Waals surface area (Å²) in [6.07, 6.45) is -0.102. The van der Waals surface area contributed by atoms with Crippen molar-refractivity contribution >= 4 is 15.8 Å². The molecule has 1 aliphatic heterocycles. The van der Waals surface area contributed by atoms with Gasteiger partial charge in [-0.3, -0.25) is 4.79 Å². The monoisotopic (exact) mass is 222 g/mol. The Hall–Kier alpha value is -0.620. The second-order valence-corrected chi connectivity index (χ2v) is 5.76. The van der Waals surface area contributed by atoms with E-state index in [9.17, 15) is 13.2 Å². The molecule has 1 heterocycles. The number of hydrogen-bond donors (Lipinski definition) is 1. The predicted octanol–water partition coefficient (Wildman–Crippen LogP) is -0.0892. The van der Waals surface area contributed by atoms with Crippen LogP contribution in [0.2, 0.25) is 0 Å². The van der Waals surface area contributed by atoms with E-state index in [0.29, 0.717) is 6.42 Å². The minimum absolute atomic E-state index is 0.0544. The number of hydrogen-bond acceptors (Lipinski definition) is 4. The van der Waals surface area contributed by atoms with Gasteiger partial charge in [-0.05, 0) is 6.42 Å². The van der Waals surface area contributed by atoms with Crippen molar-refractivity contribution in [2.75, 3.05) is 18.6 Å². The minimum Gasteiger partial charge on any atom is -0.481 e. The van der Waals surface area contributed by atoms with Gasteiger partial charge in [0.15, 0.2) is 9.84 Å². The third-order valence-corrected chi connectivity index (χ3v) is 4.27. The van der Waals surface area contributed by atoms with E-state index in [1.165, 1.54) is 7.11 Å². The van der Waals surface area contributed by atoms with Crippen LogP contribution in [0.25, 0.3) is 0 Å². The fourth-order valence-corrected chi connectivity index (χ4v) is 3.59. The van der Waals surface area contributed by atoms with Crippen molar-refractivity contribution in [2.45, 2.75) is 18.9 Å². The smallest absolute Gasteiger partial charge is 0.305 e. The van der Waals surface area contributed by atoms with Gasteiger partial charge in [0.1, 0.15) is 0 Å². The zero-order valence-corrected chi connectivity index (χ0v) is 8.79. The van der Waals surface area contributed by atoms with Crippen LogP contribution in [0.4, 0.5) is 0 Å². The van der Waals surface area contributed by atoms with Crippen LogP contribution in [-0.4, -0.2) is 44.2 Å². The van der Waals surface area contributed by atoms with Crippen molar-refractivity contribution in [3.05, 3.63) is 0 Å². The molecule has 1 saturated heterocycles. The molecule has 1 aliphatic rings. The van der Waals surface area contributed by atoms with E-state index in [2.05, 4.69) is 0 Å². The maximum Gasteiger partial charge on any atom is 0.305 e. The average Bonchev–Trinajstić information content (AvgIpc) is 2.41. The third kappa shape index (κ3) is 2.95. The SMILES string of the molecule is COC(CC(=O)O)C1CCS(=O)(=O)C1. The Bertz CT molecular complexity index is 308. The zero-order chi connectivity index (χ0) is 10.8. The van der Waals surface area contributed by atoms with Gasteiger partial charge in [-0.1, -0.05) is 0 Å². The van der Waals surface area contributed by atoms with Gasteiger partial charge in [0.2, 0.25) is 0 Å². The van der Waals surface area contributed by atoms with E-state index >= 15 is 0 Å². The van der Waals surface area contributed by atoms with Crippen molar-refractivity contribution in [3.63, 3.8) is 0 Å². The summed E-state index contributed by atoms with van der Waals surface area (Å²) in [5, 5.41) is 8.58. The van der Waals surface area contributed by atoms with Crippen LogP contribution in [0.5, 0.6) is 0 Å². The van der Waals surface area contributed by atoms with E-state index < -0.39 is 21.9 Å². The highest BCUT2D eigenvalue weighted by atomic mass is 32.2. The highest BCUT2D eigenvalue weighted by Gasteiger charge is 2.34. The lowest BCUT2D eigenvalue weighted by Gasteiger charge is -2.18. The highest BCUT2D eigenvalue weighted by molar-refractivity contribution is 7.91. The number of aliphatic carboxylic acids is 1. The molecule has 0 spiro atoms. The molecule has 14 heavy (non-hydrogen) atoms. The summed E-state index contributed by atoms with van der Waals surface area (Å²) in [5.74, 6) is -0.919. The molecule has 2 unspecified atom stereocenters. The Morgan fingerprint density at radius 3 is 2.64 bits per heavy atom. The van der Waals surface area contributed by atoms with Crippen LogP contribution in [0, 0.1) is 5.92 Å². The Morgan fingerprint density at radius 2 is 2.29 bits per heavy atom. The minimum atomic E-state index is -2.96. The Kier molecular flexibility index (Phi) is 3.49. The number of carboxylic acids is 1. The Balaban J connectivity index is 2.59. The first-order valence-electron chi connectivity index (χ1n) is 4.39. The maximum absolute atomic E-state index is 11.1. The largest absolute Gasteiger partial charge is 0.481 e. The molecular weight excluding hydrogens is 208 g/mol. The summed E-state index contributed by atoms with van der Waals surface area (Å²) in [6.45, 7) is 0. The van der Waals surface area contributed by atoms with Crippen LogP contribution < -0.4 is 0 Å². The van der Waals surface area contributed by atoms with Gasteiger partial charge in [0.05, 0.1) is 24.0 Å². The second-order valence-electron chi connectivity index (χ2n) is 3.54. The summed E-state index contributed by atoms with van der Waals surface area (Å²) in [4.78, 5) is 10.5. The molecule has 0 radical (unpaired) electrons. The van der Waals surface area contributed by atoms with Crippen molar-refractivity contribution in [2.24, 2.45) is 5.92 Å². The van der Waals surface area contributed by atoms with Gasteiger partial charge in [-0.15, -0.1) is 0 Å². The number of carboxylic acid groups (broad SMARTS) is 1. The van der Waals surface area contributed by atoms with E-state index in [-0.39, 0.29) is 23.8 Å². The van der Waals surface area contributed by atoms with Gasteiger partial charge < -0.3 is 9.84 Å². The Morgan fingerprint density at radius 1 is 1.64 bits per heavy atom. The molecular formula is C8H14O5S. The summed E-state index contributed by atoms with van der Waals surface area (Å²) in [6, 6.07) is 0. The first-order chi connectivity index (χ1) is 6.44. The molecule has 0 aromatic carbocycles. The van der Waals surface area contributed by atoms with Crippen molar-refractivity contribution in [1.29, 1.82) is 0 Å². The summed E-state index contributed by atoms with van der Waals surface area (Å²) < 4.78 is 27.3. The number of methoxy groups -OCH3 is 1. The first-order valence-corrected chi connectivity index (χ1v) is 6.22. The lowest BCUT2D eigenvalue weighted by molar-refractivity contribution is -0.140. The number of sulfone groups is 1. The van der Waals surface area contributed by atoms with E-state index in [0.717, 1.165) is 0 Å². The number of carbonyl (C=O) groups is 1. The van der Waals surface area contributed by atoms with Gasteiger partial charge in [-0.25, -0.2) is 8.42 Å². The second kappa shape index (κ2) is 4.27. The predicted molar refractivity (Wildman–Crippen MR) is 49.8 cm³/mol. The molecule has 0 aliphatic carbocycles. The lowest BCUT2D eigenvalue weighted by Crippen LogP contribution is -2.26. The molecule has 1 rings (SSSR count). The van der Waals surface area contributed by atoms with Gasteiger partial charge in [0, 0.05) is 13.0 Å². The summed E-state index contributed by atoms with van der Waals surface area (Å²) >= 11 is 0. The first kappa shape index (κ1) is 11.5. The summed E-state index contributed by atoms with van der Waals surface area (Å²) in [7, 11) is -1.54. The molecule has 5 nitrogen and oxygen atoms in total. The average molecular weight is 222 g/mol. The normalized spacial score (nSPS) is 27.4. The standard InChI is InChI=1S/C8H14O5S/c1-13-7(4-8(9)10)6-2-3-14(11,12)5-6/h6-7H,2-5H2,1H3,(H,9,10). The van der Waals surface area contributed by atoms with Gasteiger partial charge in [0.25, 0.3) is 0 Å². The molecule has 82 valence electrons. The Labute approximate surface area is 83.0 Å².